The summed E-state index contributed by atoms with van der Waals surface area (Å²) in [6.45, 7) is 20.6. The Kier molecular flexibility index (Phi) is 8.46. The van der Waals surface area contributed by atoms with Crippen LogP contribution >= 0.6 is 0 Å². The van der Waals surface area contributed by atoms with E-state index < -0.39 is 0 Å². The van der Waals surface area contributed by atoms with Gasteiger partial charge in [0.2, 0.25) is 0 Å². The van der Waals surface area contributed by atoms with E-state index in [0.29, 0.717) is 29.5 Å². The van der Waals surface area contributed by atoms with Crippen LogP contribution in [-0.2, 0) is 14.3 Å². The molecule has 6 aliphatic rings. The van der Waals surface area contributed by atoms with Gasteiger partial charge in [0.05, 0.1) is 13.2 Å². The molecule has 7 unspecified atom stereocenters. The van der Waals surface area contributed by atoms with Crippen LogP contribution < -0.4 is 0 Å². The molecule has 3 saturated carbocycles. The second kappa shape index (κ2) is 11.0. The fourth-order valence-corrected chi connectivity index (χ4v) is 9.34. The molecule has 1 saturated heterocycles. The van der Waals surface area contributed by atoms with Gasteiger partial charge >= 0.3 is 0 Å². The van der Waals surface area contributed by atoms with Crippen LogP contribution in [0.4, 0.5) is 0 Å². The lowest BCUT2D eigenvalue weighted by atomic mass is 9.47. The third kappa shape index (κ3) is 4.78. The van der Waals surface area contributed by atoms with Gasteiger partial charge in [0.1, 0.15) is 5.78 Å². The largest absolute Gasteiger partial charge is 0.348 e. The number of ketones is 1. The fourth-order valence-electron chi connectivity index (χ4n) is 9.34. The zero-order chi connectivity index (χ0) is 27.0. The maximum Gasteiger partial charge on any atom is 0.169 e. The van der Waals surface area contributed by atoms with Crippen LogP contribution in [-0.4, -0.2) is 24.8 Å². The van der Waals surface area contributed by atoms with Crippen molar-refractivity contribution in [2.75, 3.05) is 13.2 Å². The molecule has 3 nitrogen and oxygen atoms in total. The van der Waals surface area contributed by atoms with E-state index in [1.165, 1.54) is 31.3 Å². The molecule has 0 amide bonds. The van der Waals surface area contributed by atoms with Crippen LogP contribution in [0, 0.1) is 40.4 Å². The number of rotatable bonds is 2. The molecule has 3 heteroatoms. The normalized spacial score (nSPS) is 41.4. The van der Waals surface area contributed by atoms with Gasteiger partial charge in [-0.15, -0.1) is 13.2 Å². The van der Waals surface area contributed by atoms with Crippen molar-refractivity contribution in [1.29, 1.82) is 0 Å². The van der Waals surface area contributed by atoms with Crippen molar-refractivity contribution in [2.45, 2.75) is 105 Å². The van der Waals surface area contributed by atoms with Gasteiger partial charge < -0.3 is 9.47 Å². The summed E-state index contributed by atoms with van der Waals surface area (Å²) >= 11 is 0. The monoisotopic (exact) mass is 508 g/mol. The van der Waals surface area contributed by atoms with Gasteiger partial charge in [-0.25, -0.2) is 0 Å². The molecule has 1 spiro atoms. The van der Waals surface area contributed by atoms with Crippen LogP contribution in [0.2, 0.25) is 0 Å². The molecular formula is C34H52O3. The van der Waals surface area contributed by atoms with Crippen molar-refractivity contribution in [2.24, 2.45) is 40.4 Å². The van der Waals surface area contributed by atoms with Crippen LogP contribution in [0.25, 0.3) is 0 Å². The summed E-state index contributed by atoms with van der Waals surface area (Å²) in [5.41, 5.74) is 5.29. The Morgan fingerprint density at radius 1 is 1.03 bits per heavy atom. The van der Waals surface area contributed by atoms with Gasteiger partial charge in [0.15, 0.2) is 5.79 Å². The molecule has 0 radical (unpaired) electrons. The summed E-state index contributed by atoms with van der Waals surface area (Å²) in [6, 6.07) is 0. The minimum Gasteiger partial charge on any atom is -0.348 e. The van der Waals surface area contributed by atoms with Gasteiger partial charge in [-0.3, -0.25) is 4.79 Å². The van der Waals surface area contributed by atoms with Crippen LogP contribution in [0.1, 0.15) is 99.3 Å². The van der Waals surface area contributed by atoms with Crippen LogP contribution in [0.3, 0.4) is 0 Å². The van der Waals surface area contributed by atoms with Crippen molar-refractivity contribution < 1.29 is 14.3 Å². The van der Waals surface area contributed by atoms with Gasteiger partial charge in [-0.1, -0.05) is 62.6 Å². The number of carbonyl (C=O) groups excluding carboxylic acids is 1. The zero-order valence-electron chi connectivity index (χ0n) is 24.5. The second-order valence-corrected chi connectivity index (χ2v) is 12.8. The van der Waals surface area contributed by atoms with Gasteiger partial charge in [0.25, 0.3) is 0 Å². The first-order chi connectivity index (χ1) is 17.7. The van der Waals surface area contributed by atoms with Gasteiger partial charge in [-0.05, 0) is 93.3 Å². The molecule has 0 bridgehead atoms. The van der Waals surface area contributed by atoms with E-state index in [9.17, 15) is 4.79 Å². The van der Waals surface area contributed by atoms with Crippen molar-refractivity contribution >= 4 is 5.78 Å². The van der Waals surface area contributed by atoms with Gasteiger partial charge in [0, 0.05) is 18.8 Å². The number of carbonyl (C=O) groups is 1. The number of Topliss-reactive ketones (excluding diaryl/α,β-unsaturated/α-hetero) is 1. The van der Waals surface area contributed by atoms with E-state index in [2.05, 4.69) is 52.2 Å². The lowest BCUT2D eigenvalue weighted by Crippen LogP contribution is -2.50. The molecule has 1 heterocycles. The summed E-state index contributed by atoms with van der Waals surface area (Å²) in [4.78, 5) is 12.8. The topological polar surface area (TPSA) is 35.5 Å². The molecule has 5 aliphatic carbocycles. The molecule has 4 fully saturated rings. The van der Waals surface area contributed by atoms with Crippen molar-refractivity contribution in [3.05, 3.63) is 48.1 Å². The maximum atomic E-state index is 12.8. The molecule has 206 valence electrons. The lowest BCUT2D eigenvalue weighted by Gasteiger charge is -2.57. The van der Waals surface area contributed by atoms with E-state index >= 15 is 0 Å². The number of allylic oxidation sites excluding steroid dienone is 6. The number of hydrogen-bond acceptors (Lipinski definition) is 3. The minimum absolute atomic E-state index is 0.148. The Morgan fingerprint density at radius 3 is 2.35 bits per heavy atom. The quantitative estimate of drug-likeness (QED) is 0.350. The molecule has 1 aliphatic heterocycles. The first-order valence-electron chi connectivity index (χ1n) is 15.1. The highest BCUT2D eigenvalue weighted by atomic mass is 16.7. The van der Waals surface area contributed by atoms with Gasteiger partial charge in [-0.2, -0.15) is 0 Å². The summed E-state index contributed by atoms with van der Waals surface area (Å²) in [5, 5.41) is 0. The van der Waals surface area contributed by atoms with Crippen LogP contribution in [0.15, 0.2) is 48.1 Å². The summed E-state index contributed by atoms with van der Waals surface area (Å²) < 4.78 is 12.3. The molecule has 0 aromatic rings. The van der Waals surface area contributed by atoms with Crippen molar-refractivity contribution in [1.82, 2.24) is 0 Å². The molecular weight excluding hydrogens is 456 g/mol. The zero-order valence-corrected chi connectivity index (χ0v) is 24.5. The van der Waals surface area contributed by atoms with Crippen LogP contribution in [0.5, 0.6) is 0 Å². The van der Waals surface area contributed by atoms with E-state index in [1.54, 1.807) is 5.57 Å². The van der Waals surface area contributed by atoms with Crippen molar-refractivity contribution in [3.8, 4) is 0 Å². The first-order valence-corrected chi connectivity index (χ1v) is 15.1. The molecule has 0 aromatic carbocycles. The summed E-state index contributed by atoms with van der Waals surface area (Å²) in [5.74, 6) is 2.88. The maximum absolute atomic E-state index is 12.8. The number of fused-ring (bicyclic) bond motifs is 4. The third-order valence-corrected chi connectivity index (χ3v) is 11.0. The standard InChI is InChI=1S/C30H42O3.C2H6.C2H4/c1-19-9-12-28(3,13-10-19)26-18-29(4)24(20(2)31)7-8-25(29)23-6-5-21-17-30(32-15-16-33-30)14-11-22(21)27(23)26;2*1-2/h9-10,12,21,23-26H,5-8,11,13-18H2,1-4H3;1-2H3;1-2H2. The summed E-state index contributed by atoms with van der Waals surface area (Å²) in [6.07, 6.45) is 17.7. The minimum atomic E-state index is -0.304. The highest BCUT2D eigenvalue weighted by molar-refractivity contribution is 5.79. The van der Waals surface area contributed by atoms with E-state index in [4.69, 9.17) is 9.47 Å². The lowest BCUT2D eigenvalue weighted by molar-refractivity contribution is -0.181. The average Bonchev–Trinajstić information content (AvgIpc) is 3.51. The van der Waals surface area contributed by atoms with E-state index in [0.717, 1.165) is 45.3 Å². The predicted octanol–water partition coefficient (Wildman–Crippen LogP) is 8.62. The average molecular weight is 509 g/mol. The molecule has 0 aromatic heterocycles. The second-order valence-electron chi connectivity index (χ2n) is 12.8. The Morgan fingerprint density at radius 2 is 1.73 bits per heavy atom. The highest BCUT2D eigenvalue weighted by Gasteiger charge is 2.60. The number of ether oxygens (including phenoxy) is 2. The molecule has 6 rings (SSSR count). The highest BCUT2D eigenvalue weighted by Crippen LogP contribution is 2.67. The Balaban J connectivity index is 0.000000765. The molecule has 0 N–H and O–H groups in total. The fraction of sp³-hybridized carbons (Fsp3) is 0.735. The third-order valence-electron chi connectivity index (χ3n) is 11.0. The first kappa shape index (κ1) is 28.6. The Bertz CT molecular complexity index is 950. The molecule has 37 heavy (non-hydrogen) atoms. The SMILES string of the molecule is C=C.CC.CC(=O)C1CCC2C3CCC4CC5(CCC4=C3C(C3(C)C=CC(C)=CC3)CC12C)OCCO5. The Hall–Kier alpha value is -1.45. The Labute approximate surface area is 226 Å². The number of hydrogen-bond donors (Lipinski definition) is 0. The van der Waals surface area contributed by atoms with E-state index in [-0.39, 0.29) is 22.5 Å². The smallest absolute Gasteiger partial charge is 0.169 e. The summed E-state index contributed by atoms with van der Waals surface area (Å²) in [7, 11) is 0. The molecule has 7 atom stereocenters. The van der Waals surface area contributed by atoms with E-state index in [1.807, 2.05) is 26.3 Å². The van der Waals surface area contributed by atoms with Crippen molar-refractivity contribution in [3.63, 3.8) is 0 Å². The predicted molar refractivity (Wildman–Crippen MR) is 153 cm³/mol.